The molecule has 1 rings (SSSR count). The summed E-state index contributed by atoms with van der Waals surface area (Å²) in [5.74, 6) is 0.0299. The van der Waals surface area contributed by atoms with Crippen LogP contribution >= 0.6 is 0 Å². The number of nitrogens with one attached hydrogen (secondary N) is 3. The fourth-order valence-corrected chi connectivity index (χ4v) is 1.33. The van der Waals surface area contributed by atoms with Crippen LogP contribution in [0.5, 0.6) is 0 Å². The van der Waals surface area contributed by atoms with Crippen LogP contribution in [0, 0.1) is 5.41 Å². The minimum absolute atomic E-state index is 0.0299. The molecule has 5 heteroatoms. The summed E-state index contributed by atoms with van der Waals surface area (Å²) in [7, 11) is 0. The van der Waals surface area contributed by atoms with Crippen molar-refractivity contribution in [2.24, 2.45) is 5.73 Å². The number of amidine groups is 1. The minimum atomic E-state index is -0.180. The Balaban J connectivity index is 2.49. The third-order valence-corrected chi connectivity index (χ3v) is 2.23. The zero-order chi connectivity index (χ0) is 12.7. The maximum absolute atomic E-state index is 11.3. The summed E-state index contributed by atoms with van der Waals surface area (Å²) in [4.78, 5) is 11.3. The molecule has 0 radical (unpaired) electrons. The number of nitrogens with two attached hydrogens (primary N) is 1. The Kier molecular flexibility index (Phi) is 5.00. The average molecular weight is 234 g/mol. The van der Waals surface area contributed by atoms with E-state index < -0.39 is 0 Å². The Bertz CT molecular complexity index is 403. The molecular weight excluding hydrogens is 216 g/mol. The highest BCUT2D eigenvalue weighted by Crippen LogP contribution is 2.04. The Morgan fingerprint density at radius 1 is 1.41 bits per heavy atom. The number of hydrogen-bond donors (Lipinski definition) is 4. The van der Waals surface area contributed by atoms with Crippen molar-refractivity contribution in [3.05, 3.63) is 35.4 Å². The highest BCUT2D eigenvalue weighted by atomic mass is 16.2. The number of rotatable bonds is 5. The zero-order valence-electron chi connectivity index (χ0n) is 9.92. The molecule has 0 aromatic heterocycles. The van der Waals surface area contributed by atoms with Crippen molar-refractivity contribution >= 4 is 11.9 Å². The van der Waals surface area contributed by atoms with E-state index in [-0.39, 0.29) is 11.9 Å². The van der Waals surface area contributed by atoms with Gasteiger partial charge in [-0.3, -0.25) is 5.41 Å². The van der Waals surface area contributed by atoms with Crippen LogP contribution in [0.4, 0.5) is 4.79 Å². The smallest absolute Gasteiger partial charge is 0.315 e. The summed E-state index contributed by atoms with van der Waals surface area (Å²) in [6.07, 6.45) is 0.910. The van der Waals surface area contributed by atoms with E-state index in [1.165, 1.54) is 0 Å². The van der Waals surface area contributed by atoms with Crippen LogP contribution in [0.25, 0.3) is 0 Å². The van der Waals surface area contributed by atoms with Crippen LogP contribution in [0.15, 0.2) is 24.3 Å². The lowest BCUT2D eigenvalue weighted by atomic mass is 10.1. The molecule has 0 unspecified atom stereocenters. The minimum Gasteiger partial charge on any atom is -0.384 e. The summed E-state index contributed by atoms with van der Waals surface area (Å²) in [5, 5.41) is 12.8. The quantitative estimate of drug-likeness (QED) is 0.455. The van der Waals surface area contributed by atoms with Crippen LogP contribution < -0.4 is 16.4 Å². The Labute approximate surface area is 101 Å². The first-order chi connectivity index (χ1) is 8.13. The molecule has 0 aliphatic rings. The normalized spacial score (nSPS) is 9.71. The lowest BCUT2D eigenvalue weighted by Crippen LogP contribution is -2.35. The summed E-state index contributed by atoms with van der Waals surface area (Å²) in [6.45, 7) is 3.09. The van der Waals surface area contributed by atoms with Crippen LogP contribution in [-0.2, 0) is 6.54 Å². The number of nitrogen functional groups attached to an aromatic ring is 1. The molecular formula is C12H18N4O. The molecule has 2 amide bonds. The Hall–Kier alpha value is -2.04. The number of hydrogen-bond acceptors (Lipinski definition) is 2. The molecule has 0 bridgehead atoms. The van der Waals surface area contributed by atoms with Gasteiger partial charge >= 0.3 is 6.03 Å². The number of carbonyl (C=O) groups is 1. The molecule has 5 N–H and O–H groups in total. The molecule has 92 valence electrons. The van der Waals surface area contributed by atoms with Gasteiger partial charge in [-0.25, -0.2) is 4.79 Å². The van der Waals surface area contributed by atoms with Gasteiger partial charge < -0.3 is 16.4 Å². The van der Waals surface area contributed by atoms with Crippen LogP contribution in [-0.4, -0.2) is 18.4 Å². The van der Waals surface area contributed by atoms with Gasteiger partial charge in [0.15, 0.2) is 0 Å². The van der Waals surface area contributed by atoms with Gasteiger partial charge in [0.05, 0.1) is 0 Å². The summed E-state index contributed by atoms with van der Waals surface area (Å²) >= 11 is 0. The van der Waals surface area contributed by atoms with Gasteiger partial charge in [-0.1, -0.05) is 25.1 Å². The molecule has 0 heterocycles. The fourth-order valence-electron chi connectivity index (χ4n) is 1.33. The second kappa shape index (κ2) is 6.52. The highest BCUT2D eigenvalue weighted by molar-refractivity contribution is 5.95. The van der Waals surface area contributed by atoms with E-state index in [0.717, 1.165) is 12.0 Å². The lowest BCUT2D eigenvalue weighted by Gasteiger charge is -2.07. The van der Waals surface area contributed by atoms with Crippen molar-refractivity contribution in [3.63, 3.8) is 0 Å². The van der Waals surface area contributed by atoms with Gasteiger partial charge in [0.25, 0.3) is 0 Å². The highest BCUT2D eigenvalue weighted by Gasteiger charge is 2.01. The predicted molar refractivity (Wildman–Crippen MR) is 68.0 cm³/mol. The van der Waals surface area contributed by atoms with Crippen molar-refractivity contribution < 1.29 is 4.79 Å². The molecule has 1 aromatic carbocycles. The standard InChI is InChI=1S/C12H18N4O/c1-2-6-15-12(17)16-8-9-4-3-5-10(7-9)11(13)14/h3-5,7H,2,6,8H2,1H3,(H3,13,14)(H2,15,16,17). The summed E-state index contributed by atoms with van der Waals surface area (Å²) < 4.78 is 0. The van der Waals surface area contributed by atoms with Crippen LogP contribution in [0.1, 0.15) is 24.5 Å². The molecule has 0 saturated carbocycles. The maximum atomic E-state index is 11.3. The topological polar surface area (TPSA) is 91.0 Å². The second-order valence-corrected chi connectivity index (χ2v) is 3.72. The molecule has 0 saturated heterocycles. The van der Waals surface area contributed by atoms with Crippen molar-refractivity contribution in [3.8, 4) is 0 Å². The predicted octanol–water partition coefficient (Wildman–Crippen LogP) is 1.18. The third-order valence-electron chi connectivity index (χ3n) is 2.23. The number of urea groups is 1. The van der Waals surface area contributed by atoms with Crippen molar-refractivity contribution in [1.82, 2.24) is 10.6 Å². The van der Waals surface area contributed by atoms with E-state index in [0.29, 0.717) is 18.7 Å². The molecule has 1 aromatic rings. The molecule has 0 aliphatic heterocycles. The first kappa shape index (κ1) is 13.0. The van der Waals surface area contributed by atoms with E-state index in [1.807, 2.05) is 19.1 Å². The van der Waals surface area contributed by atoms with Gasteiger partial charge in [-0.15, -0.1) is 0 Å². The SMILES string of the molecule is CCCNC(=O)NCc1cccc(C(=N)N)c1. The molecule has 0 atom stereocenters. The summed E-state index contributed by atoms with van der Waals surface area (Å²) in [5.41, 5.74) is 6.97. The molecule has 0 fully saturated rings. The van der Waals surface area contributed by atoms with E-state index in [4.69, 9.17) is 11.1 Å². The van der Waals surface area contributed by atoms with Crippen molar-refractivity contribution in [2.75, 3.05) is 6.54 Å². The van der Waals surface area contributed by atoms with E-state index in [9.17, 15) is 4.79 Å². The van der Waals surface area contributed by atoms with Gasteiger partial charge in [-0.05, 0) is 18.1 Å². The van der Waals surface area contributed by atoms with Gasteiger partial charge in [0.2, 0.25) is 0 Å². The number of amides is 2. The van der Waals surface area contributed by atoms with Crippen molar-refractivity contribution in [1.29, 1.82) is 5.41 Å². The first-order valence-corrected chi connectivity index (χ1v) is 5.58. The monoisotopic (exact) mass is 234 g/mol. The molecule has 0 spiro atoms. The van der Waals surface area contributed by atoms with E-state index in [1.54, 1.807) is 12.1 Å². The third kappa shape index (κ3) is 4.55. The zero-order valence-corrected chi connectivity index (χ0v) is 9.92. The lowest BCUT2D eigenvalue weighted by molar-refractivity contribution is 0.240. The maximum Gasteiger partial charge on any atom is 0.315 e. The van der Waals surface area contributed by atoms with Crippen LogP contribution in [0.3, 0.4) is 0 Å². The largest absolute Gasteiger partial charge is 0.384 e. The second-order valence-electron chi connectivity index (χ2n) is 3.72. The van der Waals surface area contributed by atoms with Gasteiger partial charge in [0, 0.05) is 18.7 Å². The fraction of sp³-hybridized carbons (Fsp3) is 0.333. The number of carbonyl (C=O) groups excluding carboxylic acids is 1. The van der Waals surface area contributed by atoms with E-state index in [2.05, 4.69) is 10.6 Å². The number of benzene rings is 1. The van der Waals surface area contributed by atoms with Gasteiger partial charge in [-0.2, -0.15) is 0 Å². The molecule has 17 heavy (non-hydrogen) atoms. The van der Waals surface area contributed by atoms with Gasteiger partial charge in [0.1, 0.15) is 5.84 Å². The average Bonchev–Trinajstić information content (AvgIpc) is 2.34. The Morgan fingerprint density at radius 3 is 2.82 bits per heavy atom. The first-order valence-electron chi connectivity index (χ1n) is 5.58. The van der Waals surface area contributed by atoms with E-state index >= 15 is 0 Å². The molecule has 0 aliphatic carbocycles. The van der Waals surface area contributed by atoms with Crippen molar-refractivity contribution in [2.45, 2.75) is 19.9 Å². The Morgan fingerprint density at radius 2 is 2.18 bits per heavy atom. The van der Waals surface area contributed by atoms with Crippen LogP contribution in [0.2, 0.25) is 0 Å². The molecule has 5 nitrogen and oxygen atoms in total. The summed E-state index contributed by atoms with van der Waals surface area (Å²) in [6, 6.07) is 7.08.